The molecular weight excluding hydrogens is 274 g/mol. The van der Waals surface area contributed by atoms with E-state index < -0.39 is 0 Å². The molecule has 1 saturated heterocycles. The molecule has 3 heterocycles. The zero-order valence-electron chi connectivity index (χ0n) is 9.77. The van der Waals surface area contributed by atoms with Gasteiger partial charge in [0.05, 0.1) is 24.3 Å². The number of aryl methyl sites for hydroxylation is 1. The average molecular weight is 286 g/mol. The van der Waals surface area contributed by atoms with Crippen molar-refractivity contribution in [2.24, 2.45) is 0 Å². The number of ether oxygens (including phenoxy) is 1. The maximum absolute atomic E-state index is 6.18. The predicted molar refractivity (Wildman–Crippen MR) is 68.9 cm³/mol. The van der Waals surface area contributed by atoms with Gasteiger partial charge >= 0.3 is 0 Å². The highest BCUT2D eigenvalue weighted by Gasteiger charge is 2.23. The number of nitrogens with zero attached hydrogens (tertiary/aromatic N) is 2. The summed E-state index contributed by atoms with van der Waals surface area (Å²) >= 11 is 7.69. The van der Waals surface area contributed by atoms with E-state index in [1.165, 1.54) is 11.3 Å². The lowest BCUT2D eigenvalue weighted by Crippen LogP contribution is -2.35. The zero-order chi connectivity index (χ0) is 12.5. The van der Waals surface area contributed by atoms with E-state index in [2.05, 4.69) is 15.5 Å². The summed E-state index contributed by atoms with van der Waals surface area (Å²) in [5.74, 6) is 1.09. The normalized spacial score (nSPS) is 20.2. The minimum Gasteiger partial charge on any atom is -0.378 e. The smallest absolute Gasteiger partial charge is 0.269 e. The molecule has 3 rings (SSSR count). The summed E-state index contributed by atoms with van der Waals surface area (Å²) in [7, 11) is 0. The van der Waals surface area contributed by atoms with E-state index in [1.807, 2.05) is 12.3 Å². The van der Waals surface area contributed by atoms with Gasteiger partial charge in [-0.3, -0.25) is 0 Å². The summed E-state index contributed by atoms with van der Waals surface area (Å²) in [5.41, 5.74) is 1.02. The van der Waals surface area contributed by atoms with E-state index in [0.29, 0.717) is 23.3 Å². The Morgan fingerprint density at radius 2 is 2.44 bits per heavy atom. The Morgan fingerprint density at radius 1 is 1.56 bits per heavy atom. The highest BCUT2D eigenvalue weighted by molar-refractivity contribution is 7.14. The monoisotopic (exact) mass is 285 g/mol. The van der Waals surface area contributed by atoms with E-state index in [1.54, 1.807) is 0 Å². The molecule has 0 spiro atoms. The summed E-state index contributed by atoms with van der Waals surface area (Å²) in [6.45, 7) is 4.04. The van der Waals surface area contributed by atoms with Gasteiger partial charge in [0.25, 0.3) is 5.89 Å². The second kappa shape index (κ2) is 4.97. The van der Waals surface area contributed by atoms with Gasteiger partial charge in [-0.2, -0.15) is 4.98 Å². The Balaban J connectivity index is 1.87. The molecule has 0 bridgehead atoms. The van der Waals surface area contributed by atoms with Crippen LogP contribution in [0, 0.1) is 6.92 Å². The Kier molecular flexibility index (Phi) is 3.34. The zero-order valence-corrected chi connectivity index (χ0v) is 11.3. The summed E-state index contributed by atoms with van der Waals surface area (Å²) in [6.07, 6.45) is 0. The third-order valence-corrected chi connectivity index (χ3v) is 4.45. The number of morpholine rings is 1. The molecule has 2 aromatic heterocycles. The molecule has 1 fully saturated rings. The van der Waals surface area contributed by atoms with Crippen molar-refractivity contribution in [3.8, 4) is 10.8 Å². The molecule has 1 aliphatic heterocycles. The fourth-order valence-electron chi connectivity index (χ4n) is 1.77. The lowest BCUT2D eigenvalue weighted by Gasteiger charge is -2.20. The second-order valence-electron chi connectivity index (χ2n) is 4.10. The van der Waals surface area contributed by atoms with Crippen LogP contribution in [0.1, 0.15) is 17.4 Å². The van der Waals surface area contributed by atoms with Crippen LogP contribution >= 0.6 is 22.9 Å². The lowest BCUT2D eigenvalue weighted by molar-refractivity contribution is 0.0734. The van der Waals surface area contributed by atoms with Crippen LogP contribution in [0.5, 0.6) is 0 Å². The van der Waals surface area contributed by atoms with Crippen LogP contribution in [0.3, 0.4) is 0 Å². The molecule has 0 aromatic carbocycles. The van der Waals surface area contributed by atoms with Gasteiger partial charge < -0.3 is 14.6 Å². The van der Waals surface area contributed by atoms with Crippen molar-refractivity contribution in [3.63, 3.8) is 0 Å². The number of halogens is 1. The summed E-state index contributed by atoms with van der Waals surface area (Å²) in [5, 5.41) is 9.93. The quantitative estimate of drug-likeness (QED) is 0.918. The number of hydrogen-bond donors (Lipinski definition) is 1. The van der Waals surface area contributed by atoms with Crippen LogP contribution in [0.15, 0.2) is 9.90 Å². The third kappa shape index (κ3) is 2.16. The summed E-state index contributed by atoms with van der Waals surface area (Å²) < 4.78 is 10.6. The number of thiophene rings is 1. The van der Waals surface area contributed by atoms with Crippen molar-refractivity contribution < 1.29 is 9.26 Å². The van der Waals surface area contributed by atoms with E-state index in [9.17, 15) is 0 Å². The van der Waals surface area contributed by atoms with Crippen LogP contribution in [0.2, 0.25) is 5.02 Å². The number of aromatic nitrogens is 2. The highest BCUT2D eigenvalue weighted by Crippen LogP contribution is 2.35. The minimum atomic E-state index is -0.00363. The SMILES string of the molecule is Cc1csc(-c2nc(C3COCCN3)no2)c1Cl. The largest absolute Gasteiger partial charge is 0.378 e. The molecule has 0 saturated carbocycles. The Morgan fingerprint density at radius 3 is 3.11 bits per heavy atom. The van der Waals surface area contributed by atoms with Crippen molar-refractivity contribution in [1.82, 2.24) is 15.5 Å². The fourth-order valence-corrected chi connectivity index (χ4v) is 2.97. The van der Waals surface area contributed by atoms with Gasteiger partial charge in [0.2, 0.25) is 0 Å². The maximum Gasteiger partial charge on any atom is 0.269 e. The molecule has 0 amide bonds. The molecule has 2 aromatic rings. The summed E-state index contributed by atoms with van der Waals surface area (Å²) in [4.78, 5) is 5.21. The molecule has 1 aliphatic rings. The first-order chi connectivity index (χ1) is 8.75. The Bertz CT molecular complexity index is 548. The predicted octanol–water partition coefficient (Wildman–Crippen LogP) is 2.42. The van der Waals surface area contributed by atoms with Crippen molar-refractivity contribution in [2.75, 3.05) is 19.8 Å². The number of rotatable bonds is 2. The molecule has 1 atom stereocenters. The van der Waals surface area contributed by atoms with Crippen LogP contribution in [-0.2, 0) is 4.74 Å². The number of nitrogens with one attached hydrogen (secondary N) is 1. The first kappa shape index (κ1) is 12.1. The Labute approximate surface area is 113 Å². The van der Waals surface area contributed by atoms with Crippen molar-refractivity contribution in [1.29, 1.82) is 0 Å². The third-order valence-electron chi connectivity index (χ3n) is 2.77. The van der Waals surface area contributed by atoms with Crippen LogP contribution < -0.4 is 5.32 Å². The standard InChI is InChI=1S/C11H12ClN3O2S/c1-6-5-18-9(8(6)12)11-14-10(15-17-11)7-4-16-3-2-13-7/h5,7,13H,2-4H2,1H3. The molecule has 1 N–H and O–H groups in total. The summed E-state index contributed by atoms with van der Waals surface area (Å²) in [6, 6.07) is -0.00363. The first-order valence-corrected chi connectivity index (χ1v) is 6.90. The molecule has 7 heteroatoms. The van der Waals surface area contributed by atoms with E-state index in [0.717, 1.165) is 23.6 Å². The fraction of sp³-hybridized carbons (Fsp3) is 0.455. The lowest BCUT2D eigenvalue weighted by atomic mass is 10.2. The molecule has 5 nitrogen and oxygen atoms in total. The van der Waals surface area contributed by atoms with Crippen LogP contribution in [0.4, 0.5) is 0 Å². The van der Waals surface area contributed by atoms with E-state index in [4.69, 9.17) is 20.9 Å². The van der Waals surface area contributed by atoms with Crippen LogP contribution in [0.25, 0.3) is 10.8 Å². The molecular formula is C11H12ClN3O2S. The van der Waals surface area contributed by atoms with Gasteiger partial charge in [-0.1, -0.05) is 16.8 Å². The van der Waals surface area contributed by atoms with Gasteiger partial charge in [-0.25, -0.2) is 0 Å². The van der Waals surface area contributed by atoms with E-state index in [-0.39, 0.29) is 6.04 Å². The molecule has 96 valence electrons. The van der Waals surface area contributed by atoms with Gasteiger partial charge in [-0.05, 0) is 17.9 Å². The maximum atomic E-state index is 6.18. The molecule has 0 aliphatic carbocycles. The molecule has 18 heavy (non-hydrogen) atoms. The van der Waals surface area contributed by atoms with Crippen LogP contribution in [-0.4, -0.2) is 29.9 Å². The first-order valence-electron chi connectivity index (χ1n) is 5.64. The molecule has 0 radical (unpaired) electrons. The molecule has 1 unspecified atom stereocenters. The van der Waals surface area contributed by atoms with Gasteiger partial charge in [0.1, 0.15) is 4.88 Å². The second-order valence-corrected chi connectivity index (χ2v) is 5.36. The number of hydrogen-bond acceptors (Lipinski definition) is 6. The van der Waals surface area contributed by atoms with Gasteiger partial charge in [0.15, 0.2) is 5.82 Å². The Hall–Kier alpha value is -0.950. The van der Waals surface area contributed by atoms with E-state index >= 15 is 0 Å². The average Bonchev–Trinajstić information content (AvgIpc) is 3.00. The van der Waals surface area contributed by atoms with Crippen molar-refractivity contribution in [2.45, 2.75) is 13.0 Å². The van der Waals surface area contributed by atoms with Crippen molar-refractivity contribution in [3.05, 3.63) is 21.8 Å². The minimum absolute atomic E-state index is 0.00363. The topological polar surface area (TPSA) is 60.2 Å². The highest BCUT2D eigenvalue weighted by atomic mass is 35.5. The van der Waals surface area contributed by atoms with Gasteiger partial charge in [0, 0.05) is 6.54 Å². The van der Waals surface area contributed by atoms with Gasteiger partial charge in [-0.15, -0.1) is 11.3 Å². The van der Waals surface area contributed by atoms with Crippen molar-refractivity contribution >= 4 is 22.9 Å².